The summed E-state index contributed by atoms with van der Waals surface area (Å²) in [4.78, 5) is 14.3. The van der Waals surface area contributed by atoms with E-state index in [0.29, 0.717) is 12.2 Å². The van der Waals surface area contributed by atoms with Crippen LogP contribution in [-0.4, -0.2) is 49.4 Å². The van der Waals surface area contributed by atoms with Crippen LogP contribution in [0.5, 0.6) is 5.75 Å². The molecule has 1 aromatic rings. The first-order valence-electron chi connectivity index (χ1n) is 7.66. The van der Waals surface area contributed by atoms with E-state index in [4.69, 9.17) is 4.74 Å². The Hall–Kier alpha value is -1.56. The van der Waals surface area contributed by atoms with Gasteiger partial charge in [-0.1, -0.05) is 12.1 Å². The third-order valence-corrected chi connectivity index (χ3v) is 5.93. The van der Waals surface area contributed by atoms with Crippen molar-refractivity contribution in [1.82, 2.24) is 4.90 Å². The van der Waals surface area contributed by atoms with Crippen LogP contribution < -0.4 is 4.74 Å². The van der Waals surface area contributed by atoms with Crippen LogP contribution in [0.3, 0.4) is 0 Å². The van der Waals surface area contributed by atoms with Crippen molar-refractivity contribution in [3.8, 4) is 5.75 Å². The Kier molecular flexibility index (Phi) is 4.12. The smallest absolute Gasteiger partial charge is 0.261 e. The number of benzene rings is 1. The molecule has 1 aliphatic carbocycles. The van der Waals surface area contributed by atoms with Gasteiger partial charge in [0, 0.05) is 12.1 Å². The van der Waals surface area contributed by atoms with Gasteiger partial charge in [0.1, 0.15) is 5.75 Å². The lowest BCUT2D eigenvalue weighted by Gasteiger charge is -2.28. The Labute approximate surface area is 131 Å². The Morgan fingerprint density at radius 3 is 2.64 bits per heavy atom. The van der Waals surface area contributed by atoms with E-state index in [0.717, 1.165) is 18.4 Å². The van der Waals surface area contributed by atoms with Gasteiger partial charge in [-0.25, -0.2) is 8.42 Å². The SMILES string of the molecule is Cc1cccc(OCC(=O)N(C2CC2)C2CCS(=O)(=O)C2)c1. The number of ether oxygens (including phenoxy) is 1. The summed E-state index contributed by atoms with van der Waals surface area (Å²) in [6.07, 6.45) is 2.48. The van der Waals surface area contributed by atoms with Crippen molar-refractivity contribution < 1.29 is 17.9 Å². The Morgan fingerprint density at radius 1 is 1.27 bits per heavy atom. The zero-order valence-electron chi connectivity index (χ0n) is 12.7. The Bertz CT molecular complexity index is 666. The fourth-order valence-electron chi connectivity index (χ4n) is 2.98. The van der Waals surface area contributed by atoms with Crippen molar-refractivity contribution in [3.63, 3.8) is 0 Å². The fraction of sp³-hybridized carbons (Fsp3) is 0.562. The Balaban J connectivity index is 1.63. The van der Waals surface area contributed by atoms with E-state index >= 15 is 0 Å². The number of nitrogens with zero attached hydrogens (tertiary/aromatic N) is 1. The second-order valence-corrected chi connectivity index (χ2v) is 8.42. The average molecular weight is 323 g/mol. The fourth-order valence-corrected chi connectivity index (χ4v) is 4.69. The second kappa shape index (κ2) is 5.91. The molecule has 0 aromatic heterocycles. The molecule has 1 heterocycles. The largest absolute Gasteiger partial charge is 0.484 e. The van der Waals surface area contributed by atoms with Crippen LogP contribution in [0.4, 0.5) is 0 Å². The molecule has 1 saturated heterocycles. The summed E-state index contributed by atoms with van der Waals surface area (Å²) >= 11 is 0. The zero-order valence-corrected chi connectivity index (χ0v) is 13.5. The molecule has 1 atom stereocenters. The van der Waals surface area contributed by atoms with Crippen molar-refractivity contribution in [2.24, 2.45) is 0 Å². The van der Waals surface area contributed by atoms with E-state index in [2.05, 4.69) is 0 Å². The molecule has 0 bridgehead atoms. The maximum Gasteiger partial charge on any atom is 0.261 e. The molecule has 0 radical (unpaired) electrons. The molecule has 3 rings (SSSR count). The van der Waals surface area contributed by atoms with E-state index in [1.807, 2.05) is 31.2 Å². The first-order valence-corrected chi connectivity index (χ1v) is 9.48. The van der Waals surface area contributed by atoms with Gasteiger partial charge in [0.25, 0.3) is 5.91 Å². The van der Waals surface area contributed by atoms with Crippen LogP contribution >= 0.6 is 0 Å². The van der Waals surface area contributed by atoms with Gasteiger partial charge in [-0.15, -0.1) is 0 Å². The number of hydrogen-bond donors (Lipinski definition) is 0. The molecule has 2 fully saturated rings. The normalized spacial score (nSPS) is 23.2. The van der Waals surface area contributed by atoms with Gasteiger partial charge in [0.2, 0.25) is 0 Å². The number of amides is 1. The summed E-state index contributed by atoms with van der Waals surface area (Å²) < 4.78 is 28.9. The van der Waals surface area contributed by atoms with Crippen LogP contribution in [0.2, 0.25) is 0 Å². The molecular weight excluding hydrogens is 302 g/mol. The standard InChI is InChI=1S/C16H21NO4S/c1-12-3-2-4-15(9-12)21-10-16(18)17(13-5-6-13)14-7-8-22(19,20)11-14/h2-4,9,13-14H,5-8,10-11H2,1H3. The zero-order chi connectivity index (χ0) is 15.7. The van der Waals surface area contributed by atoms with Gasteiger partial charge >= 0.3 is 0 Å². The van der Waals surface area contributed by atoms with Gasteiger partial charge in [-0.2, -0.15) is 0 Å². The molecule has 22 heavy (non-hydrogen) atoms. The summed E-state index contributed by atoms with van der Waals surface area (Å²) in [5.41, 5.74) is 1.07. The van der Waals surface area contributed by atoms with E-state index in [-0.39, 0.29) is 36.1 Å². The monoisotopic (exact) mass is 323 g/mol. The summed E-state index contributed by atoms with van der Waals surface area (Å²) in [6, 6.07) is 7.58. The molecule has 1 saturated carbocycles. The molecule has 5 nitrogen and oxygen atoms in total. The topological polar surface area (TPSA) is 63.7 Å². The van der Waals surface area contributed by atoms with Crippen molar-refractivity contribution in [2.75, 3.05) is 18.1 Å². The van der Waals surface area contributed by atoms with Crippen molar-refractivity contribution in [2.45, 2.75) is 38.3 Å². The second-order valence-electron chi connectivity index (χ2n) is 6.19. The van der Waals surface area contributed by atoms with Crippen LogP contribution in [0.15, 0.2) is 24.3 Å². The van der Waals surface area contributed by atoms with E-state index < -0.39 is 9.84 Å². The van der Waals surface area contributed by atoms with Crippen LogP contribution in [-0.2, 0) is 14.6 Å². The van der Waals surface area contributed by atoms with Gasteiger partial charge in [0.15, 0.2) is 16.4 Å². The van der Waals surface area contributed by atoms with Gasteiger partial charge in [0.05, 0.1) is 11.5 Å². The molecular formula is C16H21NO4S. The number of hydrogen-bond acceptors (Lipinski definition) is 4. The van der Waals surface area contributed by atoms with Crippen molar-refractivity contribution in [1.29, 1.82) is 0 Å². The lowest BCUT2D eigenvalue weighted by Crippen LogP contribution is -2.45. The van der Waals surface area contributed by atoms with Crippen molar-refractivity contribution in [3.05, 3.63) is 29.8 Å². The predicted molar refractivity (Wildman–Crippen MR) is 83.6 cm³/mol. The van der Waals surface area contributed by atoms with Crippen LogP contribution in [0, 0.1) is 6.92 Å². The predicted octanol–water partition coefficient (Wildman–Crippen LogP) is 1.55. The molecule has 120 valence electrons. The third-order valence-electron chi connectivity index (χ3n) is 4.18. The van der Waals surface area contributed by atoms with Crippen LogP contribution in [0.25, 0.3) is 0 Å². The first kappa shape index (κ1) is 15.3. The third kappa shape index (κ3) is 3.61. The summed E-state index contributed by atoms with van der Waals surface area (Å²) in [6.45, 7) is 1.94. The highest BCUT2D eigenvalue weighted by atomic mass is 32.2. The van der Waals surface area contributed by atoms with Crippen molar-refractivity contribution >= 4 is 15.7 Å². The average Bonchev–Trinajstić information content (AvgIpc) is 3.21. The highest BCUT2D eigenvalue weighted by Crippen LogP contribution is 2.32. The number of carbonyl (C=O) groups excluding carboxylic acids is 1. The first-order chi connectivity index (χ1) is 10.4. The number of rotatable bonds is 5. The summed E-state index contributed by atoms with van der Waals surface area (Å²) in [5.74, 6) is 0.848. The molecule has 1 amide bonds. The van der Waals surface area contributed by atoms with E-state index in [9.17, 15) is 13.2 Å². The Morgan fingerprint density at radius 2 is 2.05 bits per heavy atom. The molecule has 0 spiro atoms. The number of aryl methyl sites for hydroxylation is 1. The molecule has 2 aliphatic rings. The minimum absolute atomic E-state index is 0.0312. The molecule has 1 unspecified atom stereocenters. The lowest BCUT2D eigenvalue weighted by molar-refractivity contribution is -0.135. The van der Waals surface area contributed by atoms with Gasteiger partial charge in [-0.05, 0) is 43.9 Å². The maximum absolute atomic E-state index is 12.5. The number of sulfone groups is 1. The number of carbonyl (C=O) groups is 1. The summed E-state index contributed by atoms with van der Waals surface area (Å²) in [7, 11) is -2.99. The summed E-state index contributed by atoms with van der Waals surface area (Å²) in [5, 5.41) is 0. The quantitative estimate of drug-likeness (QED) is 0.825. The lowest BCUT2D eigenvalue weighted by atomic mass is 10.2. The molecule has 0 N–H and O–H groups in total. The van der Waals surface area contributed by atoms with Crippen LogP contribution in [0.1, 0.15) is 24.8 Å². The molecule has 6 heteroatoms. The molecule has 1 aliphatic heterocycles. The van der Waals surface area contributed by atoms with E-state index in [1.165, 1.54) is 0 Å². The maximum atomic E-state index is 12.5. The highest BCUT2D eigenvalue weighted by molar-refractivity contribution is 7.91. The molecule has 1 aromatic carbocycles. The minimum Gasteiger partial charge on any atom is -0.484 e. The highest BCUT2D eigenvalue weighted by Gasteiger charge is 2.42. The van der Waals surface area contributed by atoms with E-state index in [1.54, 1.807) is 4.90 Å². The van der Waals surface area contributed by atoms with Gasteiger partial charge in [-0.3, -0.25) is 4.79 Å². The van der Waals surface area contributed by atoms with Gasteiger partial charge < -0.3 is 9.64 Å². The minimum atomic E-state index is -2.99.